The minimum atomic E-state index is 0.176. The van der Waals surface area contributed by atoms with Crippen molar-refractivity contribution in [2.45, 2.75) is 39.2 Å². The van der Waals surface area contributed by atoms with E-state index in [4.69, 9.17) is 0 Å². The Morgan fingerprint density at radius 1 is 1.10 bits per heavy atom. The number of hydrogen-bond acceptors (Lipinski definition) is 2. The highest BCUT2D eigenvalue weighted by atomic mass is 79.9. The molecule has 0 fully saturated rings. The SMILES string of the molecule is Cc1cc(NC2CC(C)c3c(C)ccc(O)c32)ccc1Br. The van der Waals surface area contributed by atoms with Crippen molar-refractivity contribution < 1.29 is 5.11 Å². The number of phenolic OH excluding ortho intramolecular Hbond substituents is 1. The molecule has 0 radical (unpaired) electrons. The van der Waals surface area contributed by atoms with Crippen molar-refractivity contribution >= 4 is 21.6 Å². The second kappa shape index (κ2) is 5.38. The van der Waals surface area contributed by atoms with Crippen LogP contribution < -0.4 is 5.32 Å². The Bertz CT molecular complexity index is 696. The van der Waals surface area contributed by atoms with E-state index in [2.05, 4.69) is 60.2 Å². The van der Waals surface area contributed by atoms with E-state index in [1.54, 1.807) is 0 Å². The molecule has 2 atom stereocenters. The molecule has 0 bridgehead atoms. The zero-order valence-corrected chi connectivity index (χ0v) is 14.2. The summed E-state index contributed by atoms with van der Waals surface area (Å²) in [6.07, 6.45) is 1.02. The molecule has 3 heteroatoms. The van der Waals surface area contributed by atoms with Crippen LogP contribution in [0.4, 0.5) is 5.69 Å². The Kier molecular flexibility index (Phi) is 3.70. The predicted molar refractivity (Wildman–Crippen MR) is 91.1 cm³/mol. The van der Waals surface area contributed by atoms with Crippen molar-refractivity contribution in [1.82, 2.24) is 0 Å². The number of benzene rings is 2. The van der Waals surface area contributed by atoms with E-state index < -0.39 is 0 Å². The summed E-state index contributed by atoms with van der Waals surface area (Å²) in [5, 5.41) is 13.9. The molecule has 0 saturated heterocycles. The van der Waals surface area contributed by atoms with Gasteiger partial charge in [-0.3, -0.25) is 0 Å². The van der Waals surface area contributed by atoms with Crippen molar-refractivity contribution in [3.8, 4) is 5.75 Å². The maximum Gasteiger partial charge on any atom is 0.121 e. The Balaban J connectivity index is 1.96. The van der Waals surface area contributed by atoms with E-state index in [0.717, 1.165) is 22.1 Å². The largest absolute Gasteiger partial charge is 0.508 e. The minimum Gasteiger partial charge on any atom is -0.508 e. The maximum absolute atomic E-state index is 10.3. The monoisotopic (exact) mass is 345 g/mol. The summed E-state index contributed by atoms with van der Waals surface area (Å²) in [6.45, 7) is 6.45. The first-order chi connectivity index (χ1) is 9.97. The molecule has 0 aliphatic heterocycles. The molecule has 2 aromatic carbocycles. The van der Waals surface area contributed by atoms with Crippen LogP contribution in [-0.4, -0.2) is 5.11 Å². The van der Waals surface area contributed by atoms with Crippen molar-refractivity contribution in [2.75, 3.05) is 5.32 Å². The molecule has 0 amide bonds. The van der Waals surface area contributed by atoms with Crippen molar-refractivity contribution in [3.63, 3.8) is 0 Å². The number of rotatable bonds is 2. The van der Waals surface area contributed by atoms with E-state index in [1.807, 2.05) is 12.1 Å². The van der Waals surface area contributed by atoms with Gasteiger partial charge >= 0.3 is 0 Å². The summed E-state index contributed by atoms with van der Waals surface area (Å²) >= 11 is 3.53. The summed E-state index contributed by atoms with van der Waals surface area (Å²) in [5.41, 5.74) is 5.96. The third-order valence-electron chi connectivity index (χ3n) is 4.41. The first-order valence-corrected chi connectivity index (χ1v) is 8.11. The van der Waals surface area contributed by atoms with Crippen LogP contribution in [0.5, 0.6) is 5.75 Å². The van der Waals surface area contributed by atoms with Gasteiger partial charge < -0.3 is 10.4 Å². The lowest BCUT2D eigenvalue weighted by Gasteiger charge is -2.18. The molecular formula is C18H20BrNO. The average molecular weight is 346 g/mol. The second-order valence-corrected chi connectivity index (χ2v) is 6.88. The maximum atomic E-state index is 10.3. The quantitative estimate of drug-likeness (QED) is 0.760. The van der Waals surface area contributed by atoms with Gasteiger partial charge in [0.2, 0.25) is 0 Å². The van der Waals surface area contributed by atoms with Crippen LogP contribution in [0.2, 0.25) is 0 Å². The summed E-state index contributed by atoms with van der Waals surface area (Å²) in [6, 6.07) is 10.3. The van der Waals surface area contributed by atoms with E-state index in [-0.39, 0.29) is 6.04 Å². The van der Waals surface area contributed by atoms with E-state index in [1.165, 1.54) is 16.7 Å². The van der Waals surface area contributed by atoms with Gasteiger partial charge in [-0.25, -0.2) is 0 Å². The third kappa shape index (κ3) is 2.55. The van der Waals surface area contributed by atoms with Crippen molar-refractivity contribution in [3.05, 3.63) is 57.1 Å². The van der Waals surface area contributed by atoms with Gasteiger partial charge in [-0.2, -0.15) is 0 Å². The minimum absolute atomic E-state index is 0.176. The fourth-order valence-corrected chi connectivity index (χ4v) is 3.66. The lowest BCUT2D eigenvalue weighted by atomic mass is 9.97. The molecule has 1 aliphatic carbocycles. The first kappa shape index (κ1) is 14.5. The smallest absolute Gasteiger partial charge is 0.121 e. The summed E-state index contributed by atoms with van der Waals surface area (Å²) in [7, 11) is 0. The van der Waals surface area contributed by atoms with Gasteiger partial charge in [-0.1, -0.05) is 28.9 Å². The Labute approximate surface area is 134 Å². The fourth-order valence-electron chi connectivity index (χ4n) is 3.41. The van der Waals surface area contributed by atoms with E-state index in [9.17, 15) is 5.11 Å². The molecule has 3 rings (SSSR count). The number of aryl methyl sites for hydroxylation is 2. The molecule has 2 unspecified atom stereocenters. The molecule has 21 heavy (non-hydrogen) atoms. The van der Waals surface area contributed by atoms with Gasteiger partial charge in [0.15, 0.2) is 0 Å². The standard InChI is InChI=1S/C18H20BrNO/c1-10-4-7-16(21)18-15(9-12(3)17(10)18)20-13-5-6-14(19)11(2)8-13/h4-8,12,15,20-21H,9H2,1-3H3. The van der Waals surface area contributed by atoms with Crippen LogP contribution in [0, 0.1) is 13.8 Å². The molecule has 110 valence electrons. The number of nitrogens with one attached hydrogen (secondary N) is 1. The van der Waals surface area contributed by atoms with E-state index in [0.29, 0.717) is 11.7 Å². The molecule has 0 saturated carbocycles. The molecule has 1 aliphatic rings. The molecular weight excluding hydrogens is 326 g/mol. The fraction of sp³-hybridized carbons (Fsp3) is 0.333. The number of aromatic hydroxyl groups is 1. The summed E-state index contributed by atoms with van der Waals surface area (Å²) in [4.78, 5) is 0. The second-order valence-electron chi connectivity index (χ2n) is 6.03. The van der Waals surface area contributed by atoms with Gasteiger partial charge in [-0.15, -0.1) is 0 Å². The predicted octanol–water partition coefficient (Wildman–Crippen LogP) is 5.43. The highest BCUT2D eigenvalue weighted by molar-refractivity contribution is 9.10. The highest BCUT2D eigenvalue weighted by Gasteiger charge is 2.32. The van der Waals surface area contributed by atoms with Crippen LogP contribution >= 0.6 is 15.9 Å². The number of fused-ring (bicyclic) bond motifs is 1. The molecule has 0 spiro atoms. The molecule has 0 aromatic heterocycles. The van der Waals surface area contributed by atoms with Crippen LogP contribution in [0.3, 0.4) is 0 Å². The Hall–Kier alpha value is -1.48. The molecule has 2 aromatic rings. The van der Waals surface area contributed by atoms with Gasteiger partial charge in [0.25, 0.3) is 0 Å². The van der Waals surface area contributed by atoms with Crippen LogP contribution in [0.25, 0.3) is 0 Å². The number of anilines is 1. The molecule has 2 N–H and O–H groups in total. The average Bonchev–Trinajstić information content (AvgIpc) is 2.76. The number of phenols is 1. The first-order valence-electron chi connectivity index (χ1n) is 7.32. The van der Waals surface area contributed by atoms with Gasteiger partial charge in [0, 0.05) is 15.7 Å². The van der Waals surface area contributed by atoms with Crippen LogP contribution in [0.1, 0.15) is 47.6 Å². The topological polar surface area (TPSA) is 32.3 Å². The Morgan fingerprint density at radius 3 is 2.57 bits per heavy atom. The summed E-state index contributed by atoms with van der Waals surface area (Å²) in [5.74, 6) is 0.882. The van der Waals surface area contributed by atoms with Crippen LogP contribution in [0.15, 0.2) is 34.8 Å². The van der Waals surface area contributed by atoms with Crippen molar-refractivity contribution in [2.24, 2.45) is 0 Å². The Morgan fingerprint density at radius 2 is 1.86 bits per heavy atom. The zero-order valence-electron chi connectivity index (χ0n) is 12.6. The van der Waals surface area contributed by atoms with Crippen LogP contribution in [-0.2, 0) is 0 Å². The van der Waals surface area contributed by atoms with Crippen molar-refractivity contribution in [1.29, 1.82) is 0 Å². The lowest BCUT2D eigenvalue weighted by molar-refractivity contribution is 0.465. The van der Waals surface area contributed by atoms with Gasteiger partial charge in [0.05, 0.1) is 6.04 Å². The zero-order chi connectivity index (χ0) is 15.1. The molecule has 0 heterocycles. The number of hydrogen-bond donors (Lipinski definition) is 2. The highest BCUT2D eigenvalue weighted by Crippen LogP contribution is 2.47. The molecule has 2 nitrogen and oxygen atoms in total. The summed E-state index contributed by atoms with van der Waals surface area (Å²) < 4.78 is 1.12. The van der Waals surface area contributed by atoms with Gasteiger partial charge in [0.1, 0.15) is 5.75 Å². The van der Waals surface area contributed by atoms with E-state index >= 15 is 0 Å². The van der Waals surface area contributed by atoms with Gasteiger partial charge in [-0.05, 0) is 67.1 Å². The third-order valence-corrected chi connectivity index (χ3v) is 5.30. The normalized spacial score (nSPS) is 20.4. The number of halogens is 1. The lowest BCUT2D eigenvalue weighted by Crippen LogP contribution is -2.07.